The van der Waals surface area contributed by atoms with Gasteiger partial charge in [-0.25, -0.2) is 4.98 Å². The van der Waals surface area contributed by atoms with Crippen molar-refractivity contribution >= 4 is 29.0 Å². The highest BCUT2D eigenvalue weighted by molar-refractivity contribution is 7.99. The molecule has 0 radical (unpaired) electrons. The highest BCUT2D eigenvalue weighted by atomic mass is 32.2. The van der Waals surface area contributed by atoms with E-state index in [0.717, 1.165) is 10.9 Å². The number of carbonyl (C=O) groups is 1. The molecule has 1 N–H and O–H groups in total. The van der Waals surface area contributed by atoms with Gasteiger partial charge in [0.05, 0.1) is 30.8 Å². The molecule has 0 spiro atoms. The van der Waals surface area contributed by atoms with Crippen molar-refractivity contribution in [2.75, 3.05) is 12.8 Å². The van der Waals surface area contributed by atoms with Crippen LogP contribution in [0.5, 0.6) is 0 Å². The van der Waals surface area contributed by atoms with Crippen molar-refractivity contribution in [3.05, 3.63) is 34.3 Å². The fraction of sp³-hybridized carbons (Fsp3) is 0.385. The number of rotatable bonds is 6. The zero-order chi connectivity index (χ0) is 14.5. The Balaban J connectivity index is 1.86. The van der Waals surface area contributed by atoms with Crippen molar-refractivity contribution in [1.82, 2.24) is 14.5 Å². The average molecular weight is 311 g/mol. The van der Waals surface area contributed by atoms with Crippen molar-refractivity contribution < 1.29 is 9.90 Å². The molecule has 0 unspecified atom stereocenters. The number of hydrogen-bond acceptors (Lipinski definition) is 5. The second-order valence-corrected chi connectivity index (χ2v) is 6.34. The average Bonchev–Trinajstić information content (AvgIpc) is 3.06. The molecule has 0 saturated heterocycles. The topological polar surface area (TPSA) is 58.4 Å². The van der Waals surface area contributed by atoms with E-state index in [2.05, 4.69) is 4.98 Å². The van der Waals surface area contributed by atoms with E-state index in [-0.39, 0.29) is 12.5 Å². The zero-order valence-electron chi connectivity index (χ0n) is 11.4. The second-order valence-electron chi connectivity index (χ2n) is 4.37. The number of imidazole rings is 1. The molecule has 0 aliphatic heterocycles. The van der Waals surface area contributed by atoms with Gasteiger partial charge in [0.1, 0.15) is 0 Å². The van der Waals surface area contributed by atoms with Crippen molar-refractivity contribution in [2.45, 2.75) is 18.3 Å². The number of carbonyl (C=O) groups excluding carboxylic acids is 1. The first-order valence-corrected chi connectivity index (χ1v) is 7.99. The van der Waals surface area contributed by atoms with Crippen LogP contribution in [0.25, 0.3) is 0 Å². The maximum absolute atomic E-state index is 12.1. The Morgan fingerprint density at radius 2 is 2.40 bits per heavy atom. The lowest BCUT2D eigenvalue weighted by atomic mass is 10.4. The van der Waals surface area contributed by atoms with Gasteiger partial charge < -0.3 is 14.6 Å². The Hall–Kier alpha value is -1.31. The molecule has 0 atom stereocenters. The summed E-state index contributed by atoms with van der Waals surface area (Å²) in [6, 6.07) is 4.01. The molecule has 0 fully saturated rings. The van der Waals surface area contributed by atoms with Crippen LogP contribution in [0.2, 0.25) is 0 Å². The number of thiophene rings is 1. The van der Waals surface area contributed by atoms with E-state index in [1.54, 1.807) is 34.0 Å². The van der Waals surface area contributed by atoms with Crippen LogP contribution in [0.4, 0.5) is 0 Å². The summed E-state index contributed by atoms with van der Waals surface area (Å²) in [5.41, 5.74) is 0.742. The minimum Gasteiger partial charge on any atom is -0.390 e. The molecule has 2 aromatic rings. The van der Waals surface area contributed by atoms with Crippen LogP contribution in [0.15, 0.2) is 28.9 Å². The molecule has 0 aliphatic carbocycles. The Morgan fingerprint density at radius 3 is 3.00 bits per heavy atom. The van der Waals surface area contributed by atoms with Gasteiger partial charge in [-0.3, -0.25) is 4.79 Å². The van der Waals surface area contributed by atoms with Crippen LogP contribution >= 0.6 is 23.1 Å². The van der Waals surface area contributed by atoms with Crippen molar-refractivity contribution in [1.29, 1.82) is 0 Å². The van der Waals surface area contributed by atoms with Crippen LogP contribution in [-0.4, -0.2) is 38.3 Å². The van der Waals surface area contributed by atoms with Gasteiger partial charge in [-0.2, -0.15) is 0 Å². The van der Waals surface area contributed by atoms with Gasteiger partial charge in [0.2, 0.25) is 5.91 Å². The van der Waals surface area contributed by atoms with Crippen LogP contribution in [0.1, 0.15) is 10.6 Å². The van der Waals surface area contributed by atoms with E-state index in [1.165, 1.54) is 16.6 Å². The predicted molar refractivity (Wildman–Crippen MR) is 80.6 cm³/mol. The monoisotopic (exact) mass is 311 g/mol. The Bertz CT molecular complexity index is 566. The third-order valence-electron chi connectivity index (χ3n) is 2.93. The summed E-state index contributed by atoms with van der Waals surface area (Å²) < 4.78 is 1.80. The number of aromatic nitrogens is 2. The summed E-state index contributed by atoms with van der Waals surface area (Å²) in [4.78, 5) is 19.1. The highest BCUT2D eigenvalue weighted by Gasteiger charge is 2.13. The van der Waals surface area contributed by atoms with E-state index >= 15 is 0 Å². The summed E-state index contributed by atoms with van der Waals surface area (Å²) in [5, 5.41) is 11.8. The van der Waals surface area contributed by atoms with Crippen molar-refractivity contribution in [2.24, 2.45) is 7.05 Å². The standard InChI is InChI=1S/C13H17N3O2S2/c1-15(7-11-4-3-5-19-11)12(18)9-20-13-14-6-10(8-17)16(13)2/h3-6,17H,7-9H2,1-2H3. The van der Waals surface area contributed by atoms with Gasteiger partial charge in [0.25, 0.3) is 0 Å². The molecule has 2 aromatic heterocycles. The molecule has 0 saturated carbocycles. The van der Waals surface area contributed by atoms with E-state index in [0.29, 0.717) is 12.3 Å². The summed E-state index contributed by atoms with van der Waals surface area (Å²) >= 11 is 3.03. The molecule has 2 heterocycles. The van der Waals surface area contributed by atoms with Crippen LogP contribution in [0, 0.1) is 0 Å². The first-order valence-electron chi connectivity index (χ1n) is 6.12. The van der Waals surface area contributed by atoms with Crippen LogP contribution in [-0.2, 0) is 25.0 Å². The normalized spacial score (nSPS) is 10.8. The summed E-state index contributed by atoms with van der Waals surface area (Å²) in [6.07, 6.45) is 1.63. The minimum absolute atomic E-state index is 0.0454. The molecule has 7 heteroatoms. The highest BCUT2D eigenvalue weighted by Crippen LogP contribution is 2.18. The Kier molecular flexibility index (Phi) is 5.22. The molecule has 1 amide bonds. The first-order chi connectivity index (χ1) is 9.61. The molecule has 5 nitrogen and oxygen atoms in total. The van der Waals surface area contributed by atoms with Crippen molar-refractivity contribution in [3.63, 3.8) is 0 Å². The van der Waals surface area contributed by atoms with Gasteiger partial charge in [0, 0.05) is 19.0 Å². The van der Waals surface area contributed by atoms with Gasteiger partial charge in [-0.05, 0) is 11.4 Å². The van der Waals surface area contributed by atoms with E-state index in [1.807, 2.05) is 24.6 Å². The predicted octanol–water partition coefficient (Wildman–Crippen LogP) is 1.72. The molecule has 20 heavy (non-hydrogen) atoms. The fourth-order valence-corrected chi connectivity index (χ4v) is 3.34. The number of nitrogens with zero attached hydrogens (tertiary/aromatic N) is 3. The van der Waals surface area contributed by atoms with E-state index < -0.39 is 0 Å². The van der Waals surface area contributed by atoms with E-state index in [4.69, 9.17) is 5.11 Å². The fourth-order valence-electron chi connectivity index (χ4n) is 1.67. The Labute approximate surface area is 126 Å². The third kappa shape index (κ3) is 3.62. The lowest BCUT2D eigenvalue weighted by Gasteiger charge is -2.15. The molecule has 0 aromatic carbocycles. The van der Waals surface area contributed by atoms with Gasteiger partial charge in [0.15, 0.2) is 5.16 Å². The van der Waals surface area contributed by atoms with Gasteiger partial charge in [-0.1, -0.05) is 17.8 Å². The number of aliphatic hydroxyl groups is 1. The van der Waals surface area contributed by atoms with Gasteiger partial charge >= 0.3 is 0 Å². The molecule has 108 valence electrons. The molecule has 0 aliphatic rings. The quantitative estimate of drug-likeness (QED) is 0.825. The number of aliphatic hydroxyl groups excluding tert-OH is 1. The zero-order valence-corrected chi connectivity index (χ0v) is 13.1. The van der Waals surface area contributed by atoms with Crippen LogP contribution in [0.3, 0.4) is 0 Å². The third-order valence-corrected chi connectivity index (χ3v) is 4.82. The maximum atomic E-state index is 12.1. The van der Waals surface area contributed by atoms with E-state index in [9.17, 15) is 4.79 Å². The SMILES string of the molecule is CN(Cc1cccs1)C(=O)CSc1ncc(CO)n1C. The number of hydrogen-bond donors (Lipinski definition) is 1. The minimum atomic E-state index is -0.0454. The lowest BCUT2D eigenvalue weighted by Crippen LogP contribution is -2.27. The summed E-state index contributed by atoms with van der Waals surface area (Å²) in [6.45, 7) is 0.593. The van der Waals surface area contributed by atoms with Crippen molar-refractivity contribution in [3.8, 4) is 0 Å². The number of thioether (sulfide) groups is 1. The second kappa shape index (κ2) is 6.92. The molecular weight excluding hydrogens is 294 g/mol. The first kappa shape index (κ1) is 15.1. The smallest absolute Gasteiger partial charge is 0.233 e. The van der Waals surface area contributed by atoms with Crippen LogP contribution < -0.4 is 0 Å². The lowest BCUT2D eigenvalue weighted by molar-refractivity contribution is -0.127. The maximum Gasteiger partial charge on any atom is 0.233 e. The largest absolute Gasteiger partial charge is 0.390 e. The summed E-state index contributed by atoms with van der Waals surface area (Å²) in [7, 11) is 3.64. The molecular formula is C13H17N3O2S2. The molecule has 2 rings (SSSR count). The molecule has 0 bridgehead atoms. The summed E-state index contributed by atoms with van der Waals surface area (Å²) in [5.74, 6) is 0.411. The van der Waals surface area contributed by atoms with Gasteiger partial charge in [-0.15, -0.1) is 11.3 Å². The number of amides is 1. The Morgan fingerprint density at radius 1 is 1.60 bits per heavy atom.